The molecule has 3 heteroatoms. The minimum atomic E-state index is 0.565. The van der Waals surface area contributed by atoms with Gasteiger partial charge in [0, 0.05) is 46.7 Å². The first-order valence-corrected chi connectivity index (χ1v) is 11.0. The predicted molar refractivity (Wildman–Crippen MR) is 118 cm³/mol. The van der Waals surface area contributed by atoms with Crippen LogP contribution in [0, 0.1) is 0 Å². The fraction of sp³-hybridized carbons (Fsp3) is 0.440. The fourth-order valence-electron chi connectivity index (χ4n) is 5.38. The summed E-state index contributed by atoms with van der Waals surface area (Å²) in [5.41, 5.74) is 7.44. The third-order valence-corrected chi connectivity index (χ3v) is 7.30. The van der Waals surface area contributed by atoms with Crippen molar-refractivity contribution in [2.24, 2.45) is 0 Å². The van der Waals surface area contributed by atoms with Crippen molar-refractivity contribution in [1.29, 1.82) is 0 Å². The van der Waals surface area contributed by atoms with Crippen molar-refractivity contribution in [2.45, 2.75) is 64.1 Å². The molecule has 0 unspecified atom stereocenters. The van der Waals surface area contributed by atoms with Gasteiger partial charge < -0.3 is 4.57 Å². The Kier molecular flexibility index (Phi) is 4.52. The molecule has 3 heterocycles. The first-order chi connectivity index (χ1) is 13.5. The number of hydrogen-bond acceptors (Lipinski definition) is 1. The van der Waals surface area contributed by atoms with Gasteiger partial charge in [0.2, 0.25) is 0 Å². The average molecular weight is 393 g/mol. The molecule has 0 radical (unpaired) electrons. The van der Waals surface area contributed by atoms with Crippen molar-refractivity contribution in [3.63, 3.8) is 0 Å². The zero-order valence-electron chi connectivity index (χ0n) is 17.1. The largest absolute Gasteiger partial charge is 0.344 e. The topological polar surface area (TPSA) is 8.17 Å². The molecule has 2 aliphatic rings. The number of aromatic nitrogens is 1. The van der Waals surface area contributed by atoms with Gasteiger partial charge in [-0.15, -0.1) is 0 Å². The van der Waals surface area contributed by atoms with Crippen LogP contribution in [0.1, 0.15) is 61.0 Å². The molecule has 28 heavy (non-hydrogen) atoms. The maximum absolute atomic E-state index is 6.07. The lowest BCUT2D eigenvalue weighted by molar-refractivity contribution is 0.222. The van der Waals surface area contributed by atoms with Crippen LogP contribution in [0.5, 0.6) is 0 Å². The number of hydrogen-bond donors (Lipinski definition) is 0. The van der Waals surface area contributed by atoms with E-state index in [1.807, 2.05) is 12.1 Å². The molecule has 2 nitrogen and oxygen atoms in total. The summed E-state index contributed by atoms with van der Waals surface area (Å²) in [4.78, 5) is 2.63. The normalized spacial score (nSPS) is 21.6. The minimum absolute atomic E-state index is 0.565. The van der Waals surface area contributed by atoms with Gasteiger partial charge in [0.25, 0.3) is 0 Å². The molecule has 0 saturated carbocycles. The van der Waals surface area contributed by atoms with E-state index in [4.69, 9.17) is 11.6 Å². The summed E-state index contributed by atoms with van der Waals surface area (Å²) in [6.45, 7) is 5.63. The van der Waals surface area contributed by atoms with Crippen LogP contribution >= 0.6 is 11.6 Å². The molecule has 0 aliphatic carbocycles. The molecule has 146 valence electrons. The van der Waals surface area contributed by atoms with Crippen molar-refractivity contribution in [3.8, 4) is 0 Å². The SMILES string of the molecule is CC(C)c1ccc2c(c1)c1c(n2CCc2ccc(Cl)cc2)C[C@H]2CC[C@@H]1N2C. The quantitative estimate of drug-likeness (QED) is 0.502. The zero-order chi connectivity index (χ0) is 19.4. The summed E-state index contributed by atoms with van der Waals surface area (Å²) in [6, 6.07) is 16.8. The highest BCUT2D eigenvalue weighted by Gasteiger charge is 2.40. The number of halogens is 1. The summed E-state index contributed by atoms with van der Waals surface area (Å²) >= 11 is 6.07. The summed E-state index contributed by atoms with van der Waals surface area (Å²) in [7, 11) is 2.33. The van der Waals surface area contributed by atoms with E-state index in [2.05, 4.69) is 60.7 Å². The highest BCUT2D eigenvalue weighted by molar-refractivity contribution is 6.30. The van der Waals surface area contributed by atoms with Crippen LogP contribution in [0.3, 0.4) is 0 Å². The van der Waals surface area contributed by atoms with E-state index in [1.165, 1.54) is 41.3 Å². The van der Waals surface area contributed by atoms with Gasteiger partial charge in [-0.2, -0.15) is 0 Å². The van der Waals surface area contributed by atoms with E-state index in [0.29, 0.717) is 18.0 Å². The van der Waals surface area contributed by atoms with Gasteiger partial charge in [-0.1, -0.05) is 43.6 Å². The molecule has 2 aromatic carbocycles. The molecular weight excluding hydrogens is 364 g/mol. The Balaban J connectivity index is 1.60. The lowest BCUT2D eigenvalue weighted by Crippen LogP contribution is -2.34. The second kappa shape index (κ2) is 6.93. The van der Waals surface area contributed by atoms with Crippen LogP contribution < -0.4 is 0 Å². The van der Waals surface area contributed by atoms with Crippen molar-refractivity contribution in [3.05, 3.63) is 69.9 Å². The predicted octanol–water partition coefficient (Wildman–Crippen LogP) is 6.35. The number of aryl methyl sites for hydroxylation is 2. The van der Waals surface area contributed by atoms with Crippen LogP contribution in [0.4, 0.5) is 0 Å². The summed E-state index contributed by atoms with van der Waals surface area (Å²) < 4.78 is 2.63. The van der Waals surface area contributed by atoms with E-state index >= 15 is 0 Å². The molecular formula is C25H29ClN2. The van der Waals surface area contributed by atoms with Crippen LogP contribution in [-0.2, 0) is 19.4 Å². The Morgan fingerprint density at radius 1 is 1.07 bits per heavy atom. The third-order valence-electron chi connectivity index (χ3n) is 7.05. The van der Waals surface area contributed by atoms with Gasteiger partial charge in [-0.3, -0.25) is 4.90 Å². The highest BCUT2D eigenvalue weighted by atomic mass is 35.5. The monoisotopic (exact) mass is 392 g/mol. The molecule has 3 aromatic rings. The van der Waals surface area contributed by atoms with Gasteiger partial charge in [0.1, 0.15) is 0 Å². The van der Waals surface area contributed by atoms with Crippen LogP contribution in [0.2, 0.25) is 5.02 Å². The summed E-state index contributed by atoms with van der Waals surface area (Å²) in [5, 5.41) is 2.31. The molecule has 2 aliphatic heterocycles. The van der Waals surface area contributed by atoms with E-state index < -0.39 is 0 Å². The summed E-state index contributed by atoms with van der Waals surface area (Å²) in [6.07, 6.45) is 4.87. The Morgan fingerprint density at radius 2 is 1.86 bits per heavy atom. The van der Waals surface area contributed by atoms with Gasteiger partial charge >= 0.3 is 0 Å². The number of fused-ring (bicyclic) bond motifs is 6. The zero-order valence-corrected chi connectivity index (χ0v) is 17.8. The standard InChI is InChI=1S/C25H29ClN2/c1-16(2)18-6-10-22-21(14-18)25-23-11-9-20(27(23)3)15-24(25)28(22)13-12-17-4-7-19(26)8-5-17/h4-8,10,14,16,20,23H,9,11-13,15H2,1-3H3/t20-,23+/m1/s1. The molecule has 0 amide bonds. The van der Waals surface area contributed by atoms with Gasteiger partial charge in [-0.25, -0.2) is 0 Å². The van der Waals surface area contributed by atoms with Crippen molar-refractivity contribution < 1.29 is 0 Å². The second-order valence-electron chi connectivity index (χ2n) is 8.94. The van der Waals surface area contributed by atoms with Gasteiger partial charge in [0.05, 0.1) is 0 Å². The Morgan fingerprint density at radius 3 is 2.61 bits per heavy atom. The van der Waals surface area contributed by atoms with E-state index in [0.717, 1.165) is 18.0 Å². The smallest absolute Gasteiger partial charge is 0.0486 e. The van der Waals surface area contributed by atoms with Crippen molar-refractivity contribution in [1.82, 2.24) is 9.47 Å². The van der Waals surface area contributed by atoms with Gasteiger partial charge in [0.15, 0.2) is 0 Å². The fourth-order valence-corrected chi connectivity index (χ4v) is 5.50. The van der Waals surface area contributed by atoms with E-state index in [-0.39, 0.29) is 0 Å². The molecule has 0 spiro atoms. The Bertz CT molecular complexity index is 1020. The minimum Gasteiger partial charge on any atom is -0.344 e. The second-order valence-corrected chi connectivity index (χ2v) is 9.37. The molecule has 1 aromatic heterocycles. The lowest BCUT2D eigenvalue weighted by atomic mass is 9.95. The first-order valence-electron chi connectivity index (χ1n) is 10.6. The molecule has 2 atom stereocenters. The number of likely N-dealkylation sites (N-methyl/N-ethyl adjacent to an activating group) is 1. The maximum atomic E-state index is 6.07. The van der Waals surface area contributed by atoms with Crippen LogP contribution in [0.15, 0.2) is 42.5 Å². The van der Waals surface area contributed by atoms with E-state index in [9.17, 15) is 0 Å². The Hall–Kier alpha value is -1.77. The lowest BCUT2D eigenvalue weighted by Gasteiger charge is -2.32. The number of benzene rings is 2. The van der Waals surface area contributed by atoms with Crippen LogP contribution in [-0.4, -0.2) is 22.6 Å². The van der Waals surface area contributed by atoms with Crippen molar-refractivity contribution in [2.75, 3.05) is 7.05 Å². The van der Waals surface area contributed by atoms with Gasteiger partial charge in [-0.05, 0) is 73.2 Å². The van der Waals surface area contributed by atoms with E-state index in [1.54, 1.807) is 11.3 Å². The molecule has 5 rings (SSSR count). The molecule has 2 bridgehead atoms. The third kappa shape index (κ3) is 2.89. The molecule has 0 N–H and O–H groups in total. The average Bonchev–Trinajstić information content (AvgIpc) is 3.11. The summed E-state index contributed by atoms with van der Waals surface area (Å²) in [5.74, 6) is 0.565. The highest BCUT2D eigenvalue weighted by Crippen LogP contribution is 2.47. The van der Waals surface area contributed by atoms with Crippen LogP contribution in [0.25, 0.3) is 10.9 Å². The number of nitrogens with zero attached hydrogens (tertiary/aromatic N) is 2. The molecule has 1 fully saturated rings. The van der Waals surface area contributed by atoms with Crippen molar-refractivity contribution >= 4 is 22.5 Å². The maximum Gasteiger partial charge on any atom is 0.0486 e. The molecule has 1 saturated heterocycles. The number of rotatable bonds is 4. The Labute approximate surface area is 173 Å². The first kappa shape index (κ1) is 18.3.